The first-order valence-corrected chi connectivity index (χ1v) is 7.84. The van der Waals surface area contributed by atoms with Crippen LogP contribution in [0.4, 0.5) is 4.79 Å². The van der Waals surface area contributed by atoms with Crippen molar-refractivity contribution in [2.24, 2.45) is 11.7 Å². The highest BCUT2D eigenvalue weighted by atomic mass is 16.5. The first-order valence-electron chi connectivity index (χ1n) is 7.84. The zero-order chi connectivity index (χ0) is 15.7. The molecule has 0 aliphatic carbocycles. The molecule has 22 heavy (non-hydrogen) atoms. The lowest BCUT2D eigenvalue weighted by molar-refractivity contribution is -0.138. The van der Waals surface area contributed by atoms with Gasteiger partial charge in [0.2, 0.25) is 5.91 Å². The fraction of sp³-hybridized carbons (Fsp3) is 0.667. The quantitative estimate of drug-likeness (QED) is 0.894. The Morgan fingerprint density at radius 3 is 2.77 bits per heavy atom. The van der Waals surface area contributed by atoms with E-state index in [1.165, 1.54) is 0 Å². The summed E-state index contributed by atoms with van der Waals surface area (Å²) in [6.07, 6.45) is 3.48. The number of primary amides is 1. The number of nitrogens with zero attached hydrogens (tertiary/aromatic N) is 3. The van der Waals surface area contributed by atoms with E-state index in [9.17, 15) is 9.59 Å². The van der Waals surface area contributed by atoms with Crippen LogP contribution in [-0.4, -0.2) is 46.5 Å². The van der Waals surface area contributed by atoms with Gasteiger partial charge in [-0.25, -0.2) is 4.79 Å². The molecule has 0 spiro atoms. The van der Waals surface area contributed by atoms with E-state index in [2.05, 4.69) is 5.16 Å². The summed E-state index contributed by atoms with van der Waals surface area (Å²) in [6, 6.07) is 1.42. The van der Waals surface area contributed by atoms with Crippen molar-refractivity contribution in [1.29, 1.82) is 0 Å². The Hall–Kier alpha value is -2.05. The van der Waals surface area contributed by atoms with Gasteiger partial charge < -0.3 is 20.1 Å². The zero-order valence-electron chi connectivity index (χ0n) is 12.8. The number of aromatic nitrogens is 1. The van der Waals surface area contributed by atoms with Gasteiger partial charge in [-0.1, -0.05) is 5.16 Å². The normalized spacial score (nSPS) is 25.5. The number of urea groups is 1. The number of hydrogen-bond acceptors (Lipinski definition) is 4. The highest BCUT2D eigenvalue weighted by molar-refractivity contribution is 5.81. The summed E-state index contributed by atoms with van der Waals surface area (Å²) >= 11 is 0. The summed E-state index contributed by atoms with van der Waals surface area (Å²) in [5.41, 5.74) is 6.17. The molecule has 0 saturated carbocycles. The molecule has 1 aromatic rings. The lowest BCUT2D eigenvalue weighted by Crippen LogP contribution is -2.48. The molecule has 7 nitrogen and oxygen atoms in total. The average Bonchev–Trinajstić information content (AvgIpc) is 3.15. The largest absolute Gasteiger partial charge is 0.359 e. The van der Waals surface area contributed by atoms with Crippen molar-refractivity contribution < 1.29 is 14.1 Å². The topological polar surface area (TPSA) is 92.7 Å². The van der Waals surface area contributed by atoms with Gasteiger partial charge in [-0.2, -0.15) is 0 Å². The van der Waals surface area contributed by atoms with Crippen LogP contribution in [0.15, 0.2) is 10.6 Å². The maximum Gasteiger partial charge on any atom is 0.314 e. The van der Waals surface area contributed by atoms with Gasteiger partial charge in [-0.3, -0.25) is 4.79 Å². The molecule has 2 aliphatic rings. The van der Waals surface area contributed by atoms with Crippen molar-refractivity contribution in [3.05, 3.63) is 17.5 Å². The summed E-state index contributed by atoms with van der Waals surface area (Å²) < 4.78 is 5.35. The Bertz CT molecular complexity index is 571. The van der Waals surface area contributed by atoms with Crippen LogP contribution in [0.3, 0.4) is 0 Å². The maximum absolute atomic E-state index is 12.8. The van der Waals surface area contributed by atoms with Gasteiger partial charge in [0.05, 0.1) is 17.7 Å². The van der Waals surface area contributed by atoms with Crippen molar-refractivity contribution in [3.8, 4) is 0 Å². The molecule has 0 unspecified atom stereocenters. The second-order valence-electron chi connectivity index (χ2n) is 6.18. The van der Waals surface area contributed by atoms with E-state index in [1.54, 1.807) is 4.90 Å². The number of amides is 3. The number of likely N-dealkylation sites (tertiary alicyclic amines) is 2. The first-order chi connectivity index (χ1) is 10.6. The van der Waals surface area contributed by atoms with Crippen molar-refractivity contribution in [1.82, 2.24) is 15.0 Å². The summed E-state index contributed by atoms with van der Waals surface area (Å²) in [7, 11) is 0. The molecule has 3 rings (SSSR count). The number of nitrogens with two attached hydrogens (primary N) is 1. The lowest BCUT2D eigenvalue weighted by Gasteiger charge is -2.34. The van der Waals surface area contributed by atoms with Crippen molar-refractivity contribution in [2.75, 3.05) is 19.6 Å². The van der Waals surface area contributed by atoms with Crippen molar-refractivity contribution >= 4 is 11.9 Å². The van der Waals surface area contributed by atoms with E-state index in [1.807, 2.05) is 17.9 Å². The molecule has 2 aliphatic heterocycles. The van der Waals surface area contributed by atoms with Crippen LogP contribution in [0, 0.1) is 12.8 Å². The number of aryl methyl sites for hydroxylation is 1. The minimum Gasteiger partial charge on any atom is -0.359 e. The molecular formula is C15H22N4O3. The molecule has 2 N–H and O–H groups in total. The smallest absolute Gasteiger partial charge is 0.314 e. The predicted octanol–water partition coefficient (Wildman–Crippen LogP) is 1.44. The van der Waals surface area contributed by atoms with Gasteiger partial charge in [0.15, 0.2) is 5.76 Å². The fourth-order valence-corrected chi connectivity index (χ4v) is 3.48. The molecule has 0 radical (unpaired) electrons. The standard InChI is InChI=1S/C15H22N4O3/c1-10-8-13(22-17-10)12-5-3-7-19(12)14(20)11-4-2-6-18(9-11)15(16)21/h8,11-12H,2-7,9H2,1H3,(H2,16,21)/t11-,12-/m0/s1. The van der Waals surface area contributed by atoms with Crippen LogP contribution < -0.4 is 5.73 Å². The number of rotatable bonds is 2. The molecule has 2 atom stereocenters. The average molecular weight is 306 g/mol. The van der Waals surface area contributed by atoms with Crippen LogP contribution in [0.1, 0.15) is 43.2 Å². The second-order valence-corrected chi connectivity index (χ2v) is 6.18. The summed E-state index contributed by atoms with van der Waals surface area (Å²) in [6.45, 7) is 3.67. The van der Waals surface area contributed by atoms with Crippen molar-refractivity contribution in [3.63, 3.8) is 0 Å². The highest BCUT2D eigenvalue weighted by Gasteiger charge is 2.37. The van der Waals surface area contributed by atoms with Crippen LogP contribution >= 0.6 is 0 Å². The molecule has 3 heterocycles. The van der Waals surface area contributed by atoms with E-state index >= 15 is 0 Å². The number of piperidine rings is 1. The van der Waals surface area contributed by atoms with Gasteiger partial charge in [-0.05, 0) is 32.6 Å². The van der Waals surface area contributed by atoms with Gasteiger partial charge in [-0.15, -0.1) is 0 Å². The van der Waals surface area contributed by atoms with E-state index in [-0.39, 0.29) is 17.9 Å². The Morgan fingerprint density at radius 1 is 1.32 bits per heavy atom. The summed E-state index contributed by atoms with van der Waals surface area (Å²) in [5, 5.41) is 3.92. The molecule has 7 heteroatoms. The Kier molecular flexibility index (Phi) is 4.04. The first kappa shape index (κ1) is 14.9. The second kappa shape index (κ2) is 5.98. The predicted molar refractivity (Wildman–Crippen MR) is 78.8 cm³/mol. The van der Waals surface area contributed by atoms with E-state index < -0.39 is 6.03 Å². The van der Waals surface area contributed by atoms with Crippen LogP contribution in [0.25, 0.3) is 0 Å². The molecule has 3 amide bonds. The third kappa shape index (κ3) is 2.80. The van der Waals surface area contributed by atoms with Crippen LogP contribution in [0.5, 0.6) is 0 Å². The third-order valence-electron chi connectivity index (χ3n) is 4.59. The molecule has 0 aromatic carbocycles. The van der Waals surface area contributed by atoms with Crippen LogP contribution in [0.2, 0.25) is 0 Å². The SMILES string of the molecule is Cc1cc([C@@H]2CCCN2C(=O)[C@H]2CCCN(C(N)=O)C2)on1. The fourth-order valence-electron chi connectivity index (χ4n) is 3.48. The highest BCUT2D eigenvalue weighted by Crippen LogP contribution is 2.34. The Morgan fingerprint density at radius 2 is 2.09 bits per heavy atom. The zero-order valence-corrected chi connectivity index (χ0v) is 12.8. The molecule has 2 saturated heterocycles. The van der Waals surface area contributed by atoms with Gasteiger partial charge >= 0.3 is 6.03 Å². The van der Waals surface area contributed by atoms with E-state index in [4.69, 9.17) is 10.3 Å². The Balaban J connectivity index is 1.72. The molecule has 1 aromatic heterocycles. The third-order valence-corrected chi connectivity index (χ3v) is 4.59. The monoisotopic (exact) mass is 306 g/mol. The van der Waals surface area contributed by atoms with Gasteiger partial charge in [0.1, 0.15) is 0 Å². The molecule has 0 bridgehead atoms. The Labute approximate surface area is 129 Å². The maximum atomic E-state index is 12.8. The van der Waals surface area contributed by atoms with E-state index in [0.29, 0.717) is 13.1 Å². The van der Waals surface area contributed by atoms with E-state index in [0.717, 1.165) is 43.7 Å². The minimum atomic E-state index is -0.443. The van der Waals surface area contributed by atoms with Gasteiger partial charge in [0.25, 0.3) is 0 Å². The number of hydrogen-bond donors (Lipinski definition) is 1. The summed E-state index contributed by atoms with van der Waals surface area (Å²) in [5.74, 6) is 0.694. The van der Waals surface area contributed by atoms with Gasteiger partial charge in [0, 0.05) is 25.7 Å². The minimum absolute atomic E-state index is 0.0299. The number of carbonyl (C=O) groups excluding carboxylic acids is 2. The summed E-state index contributed by atoms with van der Waals surface area (Å²) in [4.78, 5) is 27.6. The number of carbonyl (C=O) groups is 2. The molecule has 120 valence electrons. The molecular weight excluding hydrogens is 284 g/mol. The lowest BCUT2D eigenvalue weighted by atomic mass is 9.96. The van der Waals surface area contributed by atoms with Crippen molar-refractivity contribution in [2.45, 2.75) is 38.6 Å². The molecule has 2 fully saturated rings. The van der Waals surface area contributed by atoms with Crippen LogP contribution in [-0.2, 0) is 4.79 Å².